The summed E-state index contributed by atoms with van der Waals surface area (Å²) in [7, 11) is 0. The van der Waals surface area contributed by atoms with Crippen LogP contribution in [0, 0.1) is 12.7 Å². The fourth-order valence-electron chi connectivity index (χ4n) is 2.11. The maximum Gasteiger partial charge on any atom is 0.280 e. The molecule has 2 aromatic heterocycles. The first-order valence-electron chi connectivity index (χ1n) is 6.00. The van der Waals surface area contributed by atoms with Gasteiger partial charge in [0.15, 0.2) is 11.2 Å². The second-order valence-corrected chi connectivity index (χ2v) is 4.57. The number of anilines is 1. The highest BCUT2D eigenvalue weighted by Gasteiger charge is 2.10. The lowest BCUT2D eigenvalue weighted by molar-refractivity contribution is 0.625. The van der Waals surface area contributed by atoms with Crippen LogP contribution in [0.3, 0.4) is 0 Å². The molecule has 0 aliphatic carbocycles. The summed E-state index contributed by atoms with van der Waals surface area (Å²) in [6.07, 6.45) is 1.52. The summed E-state index contributed by atoms with van der Waals surface area (Å²) in [4.78, 5) is 22.2. The van der Waals surface area contributed by atoms with E-state index in [1.54, 1.807) is 10.6 Å². The number of hydrogen-bond acceptors (Lipinski definition) is 4. The minimum absolute atomic E-state index is 0. The minimum atomic E-state index is -0.373. The van der Waals surface area contributed by atoms with Crippen molar-refractivity contribution in [2.75, 3.05) is 5.73 Å². The third kappa shape index (κ3) is 2.73. The maximum atomic E-state index is 13.1. The Balaban J connectivity index is 0.00000161. The molecule has 0 fully saturated rings. The largest absolute Gasteiger partial charge is 0.369 e. The van der Waals surface area contributed by atoms with Crippen LogP contribution in [0.15, 0.2) is 29.3 Å². The summed E-state index contributed by atoms with van der Waals surface area (Å²) < 4.78 is 14.8. The van der Waals surface area contributed by atoms with Crippen molar-refractivity contribution in [3.8, 4) is 0 Å². The SMILES string of the molecule is Cc1cc(F)ccc1Cn1cnc2c(=O)[nH]c(N)nc21.Cl. The van der Waals surface area contributed by atoms with Gasteiger partial charge in [0, 0.05) is 0 Å². The second kappa shape index (κ2) is 5.53. The Morgan fingerprint density at radius 3 is 2.90 bits per heavy atom. The van der Waals surface area contributed by atoms with Gasteiger partial charge in [-0.25, -0.2) is 9.37 Å². The van der Waals surface area contributed by atoms with Gasteiger partial charge >= 0.3 is 0 Å². The van der Waals surface area contributed by atoms with Gasteiger partial charge in [0.05, 0.1) is 12.9 Å². The molecule has 1 aromatic carbocycles. The molecule has 3 rings (SSSR count). The number of nitrogens with zero attached hydrogens (tertiary/aromatic N) is 3. The Morgan fingerprint density at radius 2 is 2.19 bits per heavy atom. The first kappa shape index (κ1) is 15.0. The molecule has 0 radical (unpaired) electrons. The van der Waals surface area contributed by atoms with E-state index in [0.717, 1.165) is 11.1 Å². The van der Waals surface area contributed by atoms with Crippen LogP contribution >= 0.6 is 12.4 Å². The van der Waals surface area contributed by atoms with Gasteiger partial charge in [-0.3, -0.25) is 9.78 Å². The van der Waals surface area contributed by atoms with Crippen LogP contribution in [0.25, 0.3) is 11.2 Å². The zero-order valence-electron chi connectivity index (χ0n) is 11.1. The predicted molar refractivity (Wildman–Crippen MR) is 80.0 cm³/mol. The van der Waals surface area contributed by atoms with E-state index in [-0.39, 0.29) is 35.2 Å². The van der Waals surface area contributed by atoms with Gasteiger partial charge < -0.3 is 10.3 Å². The van der Waals surface area contributed by atoms with E-state index in [0.29, 0.717) is 12.2 Å². The van der Waals surface area contributed by atoms with Gasteiger partial charge in [-0.15, -0.1) is 12.4 Å². The molecule has 21 heavy (non-hydrogen) atoms. The van der Waals surface area contributed by atoms with Crippen LogP contribution in [0.5, 0.6) is 0 Å². The molecule has 0 bridgehead atoms. The first-order valence-corrected chi connectivity index (χ1v) is 6.00. The Bertz CT molecular complexity index is 857. The maximum absolute atomic E-state index is 13.1. The van der Waals surface area contributed by atoms with E-state index in [9.17, 15) is 9.18 Å². The van der Waals surface area contributed by atoms with E-state index >= 15 is 0 Å². The Kier molecular flexibility index (Phi) is 3.95. The molecule has 8 heteroatoms. The molecule has 0 atom stereocenters. The standard InChI is InChI=1S/C13H12FN5O.ClH/c1-7-4-9(14)3-2-8(7)5-19-6-16-10-11(19)17-13(15)18-12(10)20;/h2-4,6H,5H2,1H3,(H3,15,17,18,20);1H. The lowest BCUT2D eigenvalue weighted by Gasteiger charge is -2.07. The monoisotopic (exact) mass is 309 g/mol. The number of aryl methyl sites for hydroxylation is 1. The number of benzene rings is 1. The summed E-state index contributed by atoms with van der Waals surface area (Å²) in [6, 6.07) is 4.56. The second-order valence-electron chi connectivity index (χ2n) is 4.57. The van der Waals surface area contributed by atoms with Crippen LogP contribution in [0.2, 0.25) is 0 Å². The van der Waals surface area contributed by atoms with Crippen LogP contribution in [-0.4, -0.2) is 19.5 Å². The molecule has 2 heterocycles. The molecule has 0 aliphatic rings. The summed E-state index contributed by atoms with van der Waals surface area (Å²) in [5.41, 5.74) is 7.56. The third-order valence-electron chi connectivity index (χ3n) is 3.14. The van der Waals surface area contributed by atoms with Gasteiger partial charge in [-0.2, -0.15) is 4.98 Å². The molecule has 0 amide bonds. The molecule has 0 spiro atoms. The van der Waals surface area contributed by atoms with E-state index < -0.39 is 0 Å². The Labute approximate surface area is 125 Å². The number of hydrogen-bond donors (Lipinski definition) is 2. The van der Waals surface area contributed by atoms with Crippen molar-refractivity contribution in [3.63, 3.8) is 0 Å². The van der Waals surface area contributed by atoms with Crippen molar-refractivity contribution >= 4 is 29.5 Å². The number of rotatable bonds is 2. The Morgan fingerprint density at radius 1 is 1.43 bits per heavy atom. The summed E-state index contributed by atoms with van der Waals surface area (Å²) in [5.74, 6) is -0.236. The molecule has 0 saturated heterocycles. The topological polar surface area (TPSA) is 89.6 Å². The predicted octanol–water partition coefficient (Wildman–Crippen LogP) is 1.62. The number of nitrogens with one attached hydrogen (secondary N) is 1. The molecular weight excluding hydrogens is 297 g/mol. The van der Waals surface area contributed by atoms with E-state index in [4.69, 9.17) is 5.73 Å². The molecule has 3 aromatic rings. The van der Waals surface area contributed by atoms with Gasteiger partial charge in [0.1, 0.15) is 5.82 Å². The van der Waals surface area contributed by atoms with Crippen molar-refractivity contribution in [3.05, 3.63) is 51.8 Å². The van der Waals surface area contributed by atoms with E-state index in [1.807, 2.05) is 6.92 Å². The van der Waals surface area contributed by atoms with Gasteiger partial charge in [-0.05, 0) is 30.2 Å². The number of H-pyrrole nitrogens is 1. The van der Waals surface area contributed by atoms with Gasteiger partial charge in [0.25, 0.3) is 5.56 Å². The zero-order chi connectivity index (χ0) is 14.3. The quantitative estimate of drug-likeness (QED) is 0.752. The highest BCUT2D eigenvalue weighted by molar-refractivity contribution is 5.85. The summed E-state index contributed by atoms with van der Waals surface area (Å²) in [5, 5.41) is 0. The number of halogens is 2. The Hall–Kier alpha value is -2.41. The highest BCUT2D eigenvalue weighted by Crippen LogP contribution is 2.14. The molecule has 3 N–H and O–H groups in total. The lowest BCUT2D eigenvalue weighted by atomic mass is 10.1. The molecule has 110 valence electrons. The molecule has 6 nitrogen and oxygen atoms in total. The number of fused-ring (bicyclic) bond motifs is 1. The minimum Gasteiger partial charge on any atom is -0.369 e. The average molecular weight is 310 g/mol. The van der Waals surface area contributed by atoms with E-state index in [1.165, 1.54) is 18.5 Å². The third-order valence-corrected chi connectivity index (χ3v) is 3.14. The highest BCUT2D eigenvalue weighted by atomic mass is 35.5. The van der Waals surface area contributed by atoms with Crippen molar-refractivity contribution in [1.29, 1.82) is 0 Å². The van der Waals surface area contributed by atoms with Crippen molar-refractivity contribution in [1.82, 2.24) is 19.5 Å². The lowest BCUT2D eigenvalue weighted by Crippen LogP contribution is -2.12. The van der Waals surface area contributed by atoms with Crippen LogP contribution in [0.4, 0.5) is 10.3 Å². The average Bonchev–Trinajstić information content (AvgIpc) is 2.76. The number of nitrogen functional groups attached to an aromatic ring is 1. The van der Waals surface area contributed by atoms with Gasteiger partial charge in [-0.1, -0.05) is 6.07 Å². The van der Waals surface area contributed by atoms with Crippen LogP contribution < -0.4 is 11.3 Å². The number of aromatic nitrogens is 4. The number of imidazole rings is 1. The molecule has 0 unspecified atom stereocenters. The van der Waals surface area contributed by atoms with Crippen molar-refractivity contribution in [2.24, 2.45) is 0 Å². The van der Waals surface area contributed by atoms with Crippen LogP contribution in [-0.2, 0) is 6.54 Å². The van der Waals surface area contributed by atoms with Crippen molar-refractivity contribution < 1.29 is 4.39 Å². The molecular formula is C13H13ClFN5O. The fourth-order valence-corrected chi connectivity index (χ4v) is 2.11. The smallest absolute Gasteiger partial charge is 0.280 e. The summed E-state index contributed by atoms with van der Waals surface area (Å²) in [6.45, 7) is 2.27. The number of nitrogens with two attached hydrogens (primary N) is 1. The molecule has 0 saturated carbocycles. The first-order chi connectivity index (χ1) is 9.54. The van der Waals surface area contributed by atoms with Gasteiger partial charge in [0.2, 0.25) is 5.95 Å². The van der Waals surface area contributed by atoms with Crippen LogP contribution in [0.1, 0.15) is 11.1 Å². The summed E-state index contributed by atoms with van der Waals surface area (Å²) >= 11 is 0. The van der Waals surface area contributed by atoms with Crippen molar-refractivity contribution in [2.45, 2.75) is 13.5 Å². The zero-order valence-corrected chi connectivity index (χ0v) is 11.9. The normalized spacial score (nSPS) is 10.6. The number of aromatic amines is 1. The fraction of sp³-hybridized carbons (Fsp3) is 0.154. The molecule has 0 aliphatic heterocycles. The van der Waals surface area contributed by atoms with E-state index in [2.05, 4.69) is 15.0 Å².